The molecule has 3 fully saturated rings. The Kier molecular flexibility index (Phi) is 7.89. The zero-order valence-electron chi connectivity index (χ0n) is 22.2. The second-order valence-corrected chi connectivity index (χ2v) is 12.1. The van der Waals surface area contributed by atoms with Gasteiger partial charge in [-0.05, 0) is 75.8 Å². The van der Waals surface area contributed by atoms with Gasteiger partial charge in [0.05, 0.1) is 16.6 Å². The summed E-state index contributed by atoms with van der Waals surface area (Å²) in [5, 5.41) is 15.5. The lowest BCUT2D eigenvalue weighted by molar-refractivity contribution is -0.135. The van der Waals surface area contributed by atoms with Crippen LogP contribution >= 0.6 is 23.2 Å². The van der Waals surface area contributed by atoms with E-state index in [2.05, 4.69) is 20.5 Å². The van der Waals surface area contributed by atoms with E-state index in [1.165, 1.54) is 6.20 Å². The van der Waals surface area contributed by atoms with E-state index in [4.69, 9.17) is 27.9 Å². The van der Waals surface area contributed by atoms with E-state index in [-0.39, 0.29) is 47.6 Å². The second-order valence-electron chi connectivity index (χ2n) is 11.3. The highest BCUT2D eigenvalue weighted by Gasteiger charge is 2.58. The number of aromatic nitrogens is 1. The van der Waals surface area contributed by atoms with Gasteiger partial charge in [0.2, 0.25) is 0 Å². The molecule has 1 aliphatic carbocycles. The molecule has 3 aliphatic rings. The molecule has 2 amide bonds. The molecule has 1 aromatic carbocycles. The van der Waals surface area contributed by atoms with Crippen LogP contribution in [0.25, 0.3) is 0 Å². The Hall–Kier alpha value is -2.69. The smallest absolute Gasteiger partial charge is 0.270 e. The molecule has 40 heavy (non-hydrogen) atoms. The van der Waals surface area contributed by atoms with Crippen LogP contribution in [-0.4, -0.2) is 64.2 Å². The van der Waals surface area contributed by atoms with Gasteiger partial charge in [-0.2, -0.15) is 0 Å². The molecule has 0 radical (unpaired) electrons. The number of amides is 2. The number of halogens is 4. The molecule has 216 valence electrons. The van der Waals surface area contributed by atoms with Crippen LogP contribution in [-0.2, 0) is 11.2 Å². The van der Waals surface area contributed by atoms with Crippen molar-refractivity contribution in [2.24, 2.45) is 0 Å². The first-order chi connectivity index (χ1) is 18.9. The highest BCUT2D eigenvalue weighted by molar-refractivity contribution is 6.36. The minimum atomic E-state index is -2.82. The quantitative estimate of drug-likeness (QED) is 0.393. The first kappa shape index (κ1) is 28.8. The summed E-state index contributed by atoms with van der Waals surface area (Å²) in [6, 6.07) is 5.73. The molecule has 1 saturated carbocycles. The number of pyridine rings is 1. The number of nitrogens with one attached hydrogen (secondary N) is 2. The minimum absolute atomic E-state index is 0.0555. The van der Waals surface area contributed by atoms with Crippen molar-refractivity contribution in [3.05, 3.63) is 51.6 Å². The lowest BCUT2D eigenvalue weighted by Crippen LogP contribution is -2.55. The van der Waals surface area contributed by atoms with Gasteiger partial charge >= 0.3 is 0 Å². The van der Waals surface area contributed by atoms with Gasteiger partial charge in [0.15, 0.2) is 5.60 Å². The number of benzene rings is 1. The molecule has 3 N–H and O–H groups in total. The predicted octanol–water partition coefficient (Wildman–Crippen LogP) is 4.53. The number of carbonyl (C=O) groups is 2. The molecular weight excluding hydrogens is 565 g/mol. The van der Waals surface area contributed by atoms with E-state index in [9.17, 15) is 23.5 Å². The average molecular weight is 597 g/mol. The van der Waals surface area contributed by atoms with Gasteiger partial charge in [0.1, 0.15) is 11.6 Å². The van der Waals surface area contributed by atoms with Crippen LogP contribution in [0.1, 0.15) is 61.9 Å². The topological polar surface area (TPSA) is 104 Å². The molecule has 1 unspecified atom stereocenters. The number of nitrogens with zero attached hydrogens (tertiary/aromatic N) is 2. The monoisotopic (exact) mass is 596 g/mol. The lowest BCUT2D eigenvalue weighted by Gasteiger charge is -2.40. The van der Waals surface area contributed by atoms with Gasteiger partial charge in [0, 0.05) is 42.4 Å². The number of alkyl halides is 2. The number of ether oxygens (including phenoxy) is 1. The molecule has 12 heteroatoms. The molecule has 2 saturated heterocycles. The number of hydrogen-bond donors (Lipinski definition) is 3. The van der Waals surface area contributed by atoms with E-state index in [0.29, 0.717) is 22.8 Å². The maximum Gasteiger partial charge on any atom is 0.270 e. The number of piperidine rings is 1. The van der Waals surface area contributed by atoms with Crippen molar-refractivity contribution >= 4 is 40.8 Å². The third-order valence-electron chi connectivity index (χ3n) is 7.87. The molecule has 8 nitrogen and oxygen atoms in total. The van der Waals surface area contributed by atoms with Gasteiger partial charge in [-0.1, -0.05) is 23.2 Å². The van der Waals surface area contributed by atoms with Gasteiger partial charge in [-0.3, -0.25) is 9.59 Å². The number of carbonyl (C=O) groups excluding carboxylic acids is 2. The van der Waals surface area contributed by atoms with Crippen molar-refractivity contribution in [1.82, 2.24) is 15.6 Å². The maximum absolute atomic E-state index is 13.3. The summed E-state index contributed by atoms with van der Waals surface area (Å²) in [6.07, 6.45) is 4.78. The van der Waals surface area contributed by atoms with Crippen molar-refractivity contribution in [3.8, 4) is 5.75 Å². The number of anilines is 1. The SMILES string of the molecule is CC(C)(Oc1cc(CCO)c(Cl)cc1Cl)C(=O)N[C@H]1C[C@H]2CC[C@@H](C1)N2c1ccc(C(=O)NC2CC2(F)F)cn1. The van der Waals surface area contributed by atoms with Crippen LogP contribution in [0, 0.1) is 0 Å². The van der Waals surface area contributed by atoms with Crippen LogP contribution in [0.3, 0.4) is 0 Å². The molecule has 2 aliphatic heterocycles. The molecule has 0 spiro atoms. The molecular formula is C28H32Cl2F2N4O4. The van der Waals surface area contributed by atoms with Crippen molar-refractivity contribution in [1.29, 1.82) is 0 Å². The molecule has 1 aromatic heterocycles. The Morgan fingerprint density at radius 1 is 1.15 bits per heavy atom. The normalized spacial score (nSPS) is 24.9. The molecule has 3 heterocycles. The number of rotatable bonds is 9. The van der Waals surface area contributed by atoms with Crippen molar-refractivity contribution < 1.29 is 28.2 Å². The van der Waals surface area contributed by atoms with Crippen molar-refractivity contribution in [2.45, 2.75) is 88.1 Å². The molecule has 2 bridgehead atoms. The summed E-state index contributed by atoms with van der Waals surface area (Å²) in [4.78, 5) is 32.2. The Balaban J connectivity index is 1.19. The highest BCUT2D eigenvalue weighted by Crippen LogP contribution is 2.42. The summed E-state index contributed by atoms with van der Waals surface area (Å²) in [5.41, 5.74) is -0.296. The first-order valence-electron chi connectivity index (χ1n) is 13.4. The highest BCUT2D eigenvalue weighted by atomic mass is 35.5. The third kappa shape index (κ3) is 5.99. The number of aliphatic hydroxyl groups excluding tert-OH is 1. The molecule has 5 rings (SSSR count). The lowest BCUT2D eigenvalue weighted by atomic mass is 9.96. The molecule has 4 atom stereocenters. The number of fused-ring (bicyclic) bond motifs is 2. The minimum Gasteiger partial charge on any atom is -0.476 e. The Morgan fingerprint density at radius 2 is 1.82 bits per heavy atom. The van der Waals surface area contributed by atoms with Crippen LogP contribution < -0.4 is 20.3 Å². The van der Waals surface area contributed by atoms with Crippen molar-refractivity contribution in [3.63, 3.8) is 0 Å². The standard InChI is InChI=1S/C28H32Cl2F2N4O4/c1-27(2,40-22-9-15(7-8-37)20(29)12-21(22)30)26(39)34-17-10-18-4-5-19(11-17)36(18)24-6-3-16(14-33-24)25(38)35-23-13-28(23,31)32/h3,6,9,12,14,17-19,23,37H,4-5,7-8,10-11,13H2,1-2H3,(H,34,39)(H,35,38)/t17-,18+,19-,23?. The van der Waals surface area contributed by atoms with E-state index in [0.717, 1.165) is 31.5 Å². The summed E-state index contributed by atoms with van der Waals surface area (Å²) in [6.45, 7) is 3.27. The third-order valence-corrected chi connectivity index (χ3v) is 8.52. The van der Waals surface area contributed by atoms with Gasteiger partial charge in [-0.25, -0.2) is 13.8 Å². The maximum atomic E-state index is 13.3. The van der Waals surface area contributed by atoms with Crippen LogP contribution in [0.2, 0.25) is 10.0 Å². The summed E-state index contributed by atoms with van der Waals surface area (Å²) in [7, 11) is 0. The van der Waals surface area contributed by atoms with Gasteiger partial charge < -0.3 is 25.4 Å². The predicted molar refractivity (Wildman–Crippen MR) is 147 cm³/mol. The van der Waals surface area contributed by atoms with Crippen LogP contribution in [0.4, 0.5) is 14.6 Å². The summed E-state index contributed by atoms with van der Waals surface area (Å²) in [5.74, 6) is -2.60. The zero-order chi connectivity index (χ0) is 28.8. The molecule has 2 aromatic rings. The number of aliphatic hydroxyl groups is 1. The van der Waals surface area contributed by atoms with E-state index in [1.54, 1.807) is 38.1 Å². The Bertz CT molecular complexity index is 1280. The van der Waals surface area contributed by atoms with Crippen LogP contribution in [0.15, 0.2) is 30.5 Å². The average Bonchev–Trinajstić information content (AvgIpc) is 3.40. The van der Waals surface area contributed by atoms with E-state index < -0.39 is 23.5 Å². The van der Waals surface area contributed by atoms with Gasteiger partial charge in [0.25, 0.3) is 17.7 Å². The number of hydrogen-bond acceptors (Lipinski definition) is 6. The first-order valence-corrected chi connectivity index (χ1v) is 14.2. The Labute approximate surface area is 241 Å². The summed E-state index contributed by atoms with van der Waals surface area (Å²) >= 11 is 12.5. The van der Waals surface area contributed by atoms with Crippen LogP contribution in [0.5, 0.6) is 5.75 Å². The zero-order valence-corrected chi connectivity index (χ0v) is 23.7. The second kappa shape index (κ2) is 10.9. The fraction of sp³-hybridized carbons (Fsp3) is 0.536. The largest absolute Gasteiger partial charge is 0.476 e. The van der Waals surface area contributed by atoms with Crippen molar-refractivity contribution in [2.75, 3.05) is 11.5 Å². The fourth-order valence-corrected chi connectivity index (χ4v) is 6.11. The fourth-order valence-electron chi connectivity index (χ4n) is 5.60. The Morgan fingerprint density at radius 3 is 2.40 bits per heavy atom. The van der Waals surface area contributed by atoms with E-state index >= 15 is 0 Å². The summed E-state index contributed by atoms with van der Waals surface area (Å²) < 4.78 is 32.3. The van der Waals surface area contributed by atoms with Gasteiger partial charge in [-0.15, -0.1) is 0 Å². The van der Waals surface area contributed by atoms with E-state index in [1.807, 2.05) is 0 Å².